The zero-order valence-electron chi connectivity index (χ0n) is 7.21. The molecule has 0 saturated carbocycles. The van der Waals surface area contributed by atoms with Crippen molar-refractivity contribution >= 4 is 5.91 Å². The van der Waals surface area contributed by atoms with Gasteiger partial charge in [-0.05, 0) is 12.8 Å². The Bertz CT molecular complexity index is 272. The highest BCUT2D eigenvalue weighted by molar-refractivity contribution is 5.92. The van der Waals surface area contributed by atoms with Crippen LogP contribution in [0.1, 0.15) is 19.8 Å². The zero-order valence-corrected chi connectivity index (χ0v) is 7.21. The summed E-state index contributed by atoms with van der Waals surface area (Å²) in [4.78, 5) is 10.8. The van der Waals surface area contributed by atoms with E-state index in [-0.39, 0.29) is 5.91 Å². The van der Waals surface area contributed by atoms with Crippen molar-refractivity contribution in [1.82, 2.24) is 0 Å². The summed E-state index contributed by atoms with van der Waals surface area (Å²) >= 11 is 0. The number of hydrogen-bond acceptors (Lipinski definition) is 1. The molecule has 0 saturated heterocycles. The Morgan fingerprint density at radius 3 is 3.00 bits per heavy atom. The molecule has 0 spiro atoms. The molecule has 2 heteroatoms. The Morgan fingerprint density at radius 2 is 2.42 bits per heavy atom. The van der Waals surface area contributed by atoms with Crippen molar-refractivity contribution in [1.29, 1.82) is 0 Å². The molecular weight excluding hydrogens is 150 g/mol. The average Bonchev–Trinajstić information content (AvgIpc) is 2.28. The maximum atomic E-state index is 10.8. The highest BCUT2D eigenvalue weighted by Gasteiger charge is 2.03. The number of nitrogens with two attached hydrogens (primary N) is 1. The molecule has 0 aromatic carbocycles. The predicted octanol–water partition coefficient (Wildman–Crippen LogP) is 1.69. The standard InChI is InChI=1S/C10H13NO/c1-2-8-4-3-5-9(7-6-8)10(11)12/h3-6H,2,7H2,1H3,(H2,11,12). The predicted molar refractivity (Wildman–Crippen MR) is 49.4 cm³/mol. The molecule has 0 heterocycles. The lowest BCUT2D eigenvalue weighted by molar-refractivity contribution is -0.114. The van der Waals surface area contributed by atoms with Gasteiger partial charge in [-0.25, -0.2) is 0 Å². The minimum atomic E-state index is -0.326. The molecule has 1 aliphatic rings. The third kappa shape index (κ3) is 2.09. The lowest BCUT2D eigenvalue weighted by atomic mass is 10.1. The van der Waals surface area contributed by atoms with Gasteiger partial charge in [0.05, 0.1) is 0 Å². The van der Waals surface area contributed by atoms with E-state index in [9.17, 15) is 4.79 Å². The van der Waals surface area contributed by atoms with Gasteiger partial charge in [0.2, 0.25) is 5.91 Å². The summed E-state index contributed by atoms with van der Waals surface area (Å²) in [6.45, 7) is 2.09. The van der Waals surface area contributed by atoms with E-state index in [0.717, 1.165) is 6.42 Å². The van der Waals surface area contributed by atoms with Crippen molar-refractivity contribution in [2.24, 2.45) is 5.73 Å². The van der Waals surface area contributed by atoms with Gasteiger partial charge in [0.15, 0.2) is 0 Å². The third-order valence-corrected chi connectivity index (χ3v) is 1.92. The molecule has 0 aromatic heterocycles. The molecule has 2 nitrogen and oxygen atoms in total. The number of carbonyl (C=O) groups is 1. The summed E-state index contributed by atoms with van der Waals surface area (Å²) in [7, 11) is 0. The second-order valence-electron chi connectivity index (χ2n) is 2.75. The smallest absolute Gasteiger partial charge is 0.244 e. The Morgan fingerprint density at radius 1 is 1.67 bits per heavy atom. The van der Waals surface area contributed by atoms with E-state index in [1.807, 2.05) is 18.2 Å². The number of amides is 1. The van der Waals surface area contributed by atoms with Crippen LogP contribution >= 0.6 is 0 Å². The van der Waals surface area contributed by atoms with Crippen LogP contribution in [-0.2, 0) is 4.79 Å². The first-order valence-corrected chi connectivity index (χ1v) is 4.10. The maximum Gasteiger partial charge on any atom is 0.244 e. The van der Waals surface area contributed by atoms with Gasteiger partial charge in [-0.3, -0.25) is 4.79 Å². The first-order chi connectivity index (χ1) is 5.74. The molecule has 0 bridgehead atoms. The van der Waals surface area contributed by atoms with Gasteiger partial charge >= 0.3 is 0 Å². The summed E-state index contributed by atoms with van der Waals surface area (Å²) in [6.07, 6.45) is 9.36. The zero-order chi connectivity index (χ0) is 8.97. The van der Waals surface area contributed by atoms with E-state index in [2.05, 4.69) is 6.92 Å². The molecule has 1 rings (SSSR count). The minimum Gasteiger partial charge on any atom is -0.366 e. The SMILES string of the molecule is CCC1=CCC(C(N)=O)=CC=C1. The Balaban J connectivity index is 2.77. The van der Waals surface area contributed by atoms with Crippen molar-refractivity contribution < 1.29 is 4.79 Å². The van der Waals surface area contributed by atoms with Crippen molar-refractivity contribution in [3.05, 3.63) is 35.5 Å². The lowest BCUT2D eigenvalue weighted by Gasteiger charge is -1.96. The number of carbonyl (C=O) groups excluding carboxylic acids is 1. The van der Waals surface area contributed by atoms with Crippen LogP contribution in [-0.4, -0.2) is 5.91 Å². The molecule has 0 aromatic rings. The van der Waals surface area contributed by atoms with Crippen molar-refractivity contribution in [2.75, 3.05) is 0 Å². The van der Waals surface area contributed by atoms with Crippen LogP contribution in [0.15, 0.2) is 35.5 Å². The molecule has 0 radical (unpaired) electrons. The van der Waals surface area contributed by atoms with Gasteiger partial charge in [-0.1, -0.05) is 36.8 Å². The normalized spacial score (nSPS) is 16.4. The average molecular weight is 163 g/mol. The summed E-state index contributed by atoms with van der Waals surface area (Å²) in [5.74, 6) is -0.326. The molecule has 1 aliphatic carbocycles. The minimum absolute atomic E-state index is 0.326. The maximum absolute atomic E-state index is 10.8. The molecule has 0 atom stereocenters. The number of hydrogen-bond donors (Lipinski definition) is 1. The third-order valence-electron chi connectivity index (χ3n) is 1.92. The summed E-state index contributed by atoms with van der Waals surface area (Å²) in [5.41, 5.74) is 7.08. The fourth-order valence-corrected chi connectivity index (χ4v) is 1.11. The fraction of sp³-hybridized carbons (Fsp3) is 0.300. The molecule has 64 valence electrons. The summed E-state index contributed by atoms with van der Waals surface area (Å²) in [6, 6.07) is 0. The molecule has 0 aliphatic heterocycles. The Labute approximate surface area is 72.5 Å². The second-order valence-corrected chi connectivity index (χ2v) is 2.75. The van der Waals surface area contributed by atoms with Crippen molar-refractivity contribution in [3.8, 4) is 0 Å². The molecule has 0 unspecified atom stereocenters. The lowest BCUT2D eigenvalue weighted by Crippen LogP contribution is -2.13. The highest BCUT2D eigenvalue weighted by Crippen LogP contribution is 2.13. The summed E-state index contributed by atoms with van der Waals surface area (Å²) in [5, 5.41) is 0. The van der Waals surface area contributed by atoms with Gasteiger partial charge < -0.3 is 5.73 Å². The highest BCUT2D eigenvalue weighted by atomic mass is 16.1. The molecular formula is C10H13NO. The second kappa shape index (κ2) is 3.90. The van der Waals surface area contributed by atoms with Crippen molar-refractivity contribution in [2.45, 2.75) is 19.8 Å². The summed E-state index contributed by atoms with van der Waals surface area (Å²) < 4.78 is 0. The molecule has 2 N–H and O–H groups in total. The van der Waals surface area contributed by atoms with Crippen LogP contribution in [0.3, 0.4) is 0 Å². The quantitative estimate of drug-likeness (QED) is 0.661. The van der Waals surface area contributed by atoms with Crippen LogP contribution in [0.5, 0.6) is 0 Å². The molecule has 0 fully saturated rings. The topological polar surface area (TPSA) is 43.1 Å². The first-order valence-electron chi connectivity index (χ1n) is 4.10. The number of allylic oxidation sites excluding steroid dienone is 5. The van der Waals surface area contributed by atoms with Gasteiger partial charge in [0.25, 0.3) is 0 Å². The van der Waals surface area contributed by atoms with E-state index < -0.39 is 0 Å². The van der Waals surface area contributed by atoms with E-state index in [0.29, 0.717) is 12.0 Å². The van der Waals surface area contributed by atoms with E-state index >= 15 is 0 Å². The van der Waals surface area contributed by atoms with Crippen LogP contribution in [0.25, 0.3) is 0 Å². The molecule has 1 amide bonds. The van der Waals surface area contributed by atoms with E-state index in [1.54, 1.807) is 6.08 Å². The largest absolute Gasteiger partial charge is 0.366 e. The van der Waals surface area contributed by atoms with E-state index in [4.69, 9.17) is 5.73 Å². The monoisotopic (exact) mass is 163 g/mol. The molecule has 12 heavy (non-hydrogen) atoms. The number of rotatable bonds is 2. The fourth-order valence-electron chi connectivity index (χ4n) is 1.11. The van der Waals surface area contributed by atoms with Crippen molar-refractivity contribution in [3.63, 3.8) is 0 Å². The Hall–Kier alpha value is -1.31. The van der Waals surface area contributed by atoms with Crippen LogP contribution in [0.2, 0.25) is 0 Å². The first kappa shape index (κ1) is 8.78. The van der Waals surface area contributed by atoms with Crippen LogP contribution < -0.4 is 5.73 Å². The van der Waals surface area contributed by atoms with Gasteiger partial charge in [0.1, 0.15) is 0 Å². The van der Waals surface area contributed by atoms with Gasteiger partial charge in [0, 0.05) is 5.57 Å². The van der Waals surface area contributed by atoms with Gasteiger partial charge in [-0.2, -0.15) is 0 Å². The van der Waals surface area contributed by atoms with E-state index in [1.165, 1.54) is 5.57 Å². The number of primary amides is 1. The van der Waals surface area contributed by atoms with Gasteiger partial charge in [-0.15, -0.1) is 0 Å². The van der Waals surface area contributed by atoms with Crippen LogP contribution in [0, 0.1) is 0 Å². The van der Waals surface area contributed by atoms with Crippen LogP contribution in [0.4, 0.5) is 0 Å². The Kier molecular flexibility index (Phi) is 2.86.